The fraction of sp³-hybridized carbons (Fsp3) is 0.238. The van der Waals surface area contributed by atoms with E-state index in [0.29, 0.717) is 23.1 Å². The van der Waals surface area contributed by atoms with Gasteiger partial charge in [-0.15, -0.1) is 11.8 Å². The van der Waals surface area contributed by atoms with Gasteiger partial charge in [0, 0.05) is 29.6 Å². The molecule has 29 heavy (non-hydrogen) atoms. The molecule has 8 heteroatoms. The van der Waals surface area contributed by atoms with Crippen molar-refractivity contribution >= 4 is 34.4 Å². The summed E-state index contributed by atoms with van der Waals surface area (Å²) >= 11 is 1.63. The monoisotopic (exact) mass is 411 g/mol. The first-order chi connectivity index (χ1) is 14.0. The molecular formula is C21H21N3O4S. The van der Waals surface area contributed by atoms with Crippen molar-refractivity contribution < 1.29 is 14.3 Å². The predicted octanol–water partition coefficient (Wildman–Crippen LogP) is 2.31. The zero-order valence-electron chi connectivity index (χ0n) is 16.2. The highest BCUT2D eigenvalue weighted by molar-refractivity contribution is 7.99. The Kier molecular flexibility index (Phi) is 6.66. The molecule has 7 nitrogen and oxygen atoms in total. The Bertz CT molecular complexity index is 1090. The summed E-state index contributed by atoms with van der Waals surface area (Å²) in [5.41, 5.74) is 0.900. The number of esters is 1. The first-order valence-corrected chi connectivity index (χ1v) is 10.0. The summed E-state index contributed by atoms with van der Waals surface area (Å²) < 4.78 is 6.17. The Morgan fingerprint density at radius 2 is 1.79 bits per heavy atom. The molecule has 3 rings (SSSR count). The first-order valence-electron chi connectivity index (χ1n) is 9.05. The number of benzene rings is 2. The fourth-order valence-corrected chi connectivity index (χ4v) is 3.46. The molecule has 0 aliphatic carbocycles. The average molecular weight is 411 g/mol. The van der Waals surface area contributed by atoms with E-state index >= 15 is 0 Å². The number of carbonyl (C=O) groups is 2. The summed E-state index contributed by atoms with van der Waals surface area (Å²) in [5.74, 6) is -0.437. The second kappa shape index (κ2) is 9.38. The molecule has 2 aromatic carbocycles. The van der Waals surface area contributed by atoms with E-state index in [1.54, 1.807) is 36.0 Å². The van der Waals surface area contributed by atoms with E-state index in [2.05, 4.69) is 10.4 Å². The van der Waals surface area contributed by atoms with Crippen LogP contribution in [0.1, 0.15) is 16.1 Å². The van der Waals surface area contributed by atoms with Gasteiger partial charge in [0.25, 0.3) is 11.5 Å². The molecule has 0 saturated carbocycles. The largest absolute Gasteiger partial charge is 0.451 e. The normalized spacial score (nSPS) is 10.7. The number of nitrogens with one attached hydrogen (secondary N) is 1. The minimum atomic E-state index is -0.749. The number of thioether (sulfide) groups is 1. The summed E-state index contributed by atoms with van der Waals surface area (Å²) in [6, 6.07) is 14.8. The molecule has 150 valence electrons. The van der Waals surface area contributed by atoms with Crippen LogP contribution < -0.4 is 10.9 Å². The Hall–Kier alpha value is -3.13. The Morgan fingerprint density at radius 1 is 1.10 bits per heavy atom. The van der Waals surface area contributed by atoms with E-state index in [9.17, 15) is 14.4 Å². The van der Waals surface area contributed by atoms with Crippen molar-refractivity contribution in [3.63, 3.8) is 0 Å². The molecule has 3 aromatic rings. The molecule has 0 aliphatic rings. The molecule has 0 aliphatic heterocycles. The van der Waals surface area contributed by atoms with Crippen LogP contribution in [0.5, 0.6) is 0 Å². The quantitative estimate of drug-likeness (QED) is 0.365. The smallest absolute Gasteiger partial charge is 0.359 e. The zero-order chi connectivity index (χ0) is 20.8. The lowest BCUT2D eigenvalue weighted by Gasteiger charge is -2.09. The zero-order valence-corrected chi connectivity index (χ0v) is 17.0. The van der Waals surface area contributed by atoms with Gasteiger partial charge in [0.05, 0.1) is 5.39 Å². The maximum absolute atomic E-state index is 12.4. The second-order valence-electron chi connectivity index (χ2n) is 6.41. The molecule has 0 bridgehead atoms. The number of aromatic nitrogens is 2. The van der Waals surface area contributed by atoms with Crippen LogP contribution in [0.3, 0.4) is 0 Å². The van der Waals surface area contributed by atoms with E-state index in [1.807, 2.05) is 31.2 Å². The number of amides is 1. The van der Waals surface area contributed by atoms with Crippen LogP contribution >= 0.6 is 11.8 Å². The van der Waals surface area contributed by atoms with Crippen LogP contribution in [-0.4, -0.2) is 40.6 Å². The average Bonchev–Trinajstić information content (AvgIpc) is 2.73. The minimum Gasteiger partial charge on any atom is -0.451 e. The Morgan fingerprint density at radius 3 is 2.52 bits per heavy atom. The Labute approximate surface area is 172 Å². The van der Waals surface area contributed by atoms with Gasteiger partial charge >= 0.3 is 5.97 Å². The van der Waals surface area contributed by atoms with Crippen molar-refractivity contribution in [2.45, 2.75) is 11.8 Å². The van der Waals surface area contributed by atoms with Crippen molar-refractivity contribution in [2.24, 2.45) is 7.05 Å². The molecule has 1 amide bonds. The molecule has 0 saturated heterocycles. The van der Waals surface area contributed by atoms with Crippen LogP contribution in [0.4, 0.5) is 0 Å². The van der Waals surface area contributed by atoms with E-state index in [1.165, 1.54) is 12.6 Å². The van der Waals surface area contributed by atoms with Crippen LogP contribution in [0.2, 0.25) is 0 Å². The maximum Gasteiger partial charge on any atom is 0.359 e. The molecule has 0 atom stereocenters. The maximum atomic E-state index is 12.4. The van der Waals surface area contributed by atoms with Gasteiger partial charge in [-0.1, -0.05) is 35.9 Å². The van der Waals surface area contributed by atoms with Gasteiger partial charge in [-0.3, -0.25) is 9.59 Å². The highest BCUT2D eigenvalue weighted by Crippen LogP contribution is 2.17. The van der Waals surface area contributed by atoms with Gasteiger partial charge < -0.3 is 10.1 Å². The molecular weight excluding hydrogens is 390 g/mol. The molecule has 0 unspecified atom stereocenters. The summed E-state index contributed by atoms with van der Waals surface area (Å²) in [5, 5.41) is 7.47. The van der Waals surface area contributed by atoms with Gasteiger partial charge in [0.1, 0.15) is 0 Å². The number of rotatable bonds is 7. The van der Waals surface area contributed by atoms with Crippen LogP contribution in [0, 0.1) is 6.92 Å². The number of carbonyl (C=O) groups excluding carboxylic acids is 2. The van der Waals surface area contributed by atoms with Crippen LogP contribution in [0.15, 0.2) is 58.2 Å². The number of hydrogen-bond acceptors (Lipinski definition) is 6. The van der Waals surface area contributed by atoms with E-state index in [0.717, 1.165) is 9.58 Å². The second-order valence-corrected chi connectivity index (χ2v) is 7.58. The van der Waals surface area contributed by atoms with Gasteiger partial charge in [-0.25, -0.2) is 9.48 Å². The van der Waals surface area contributed by atoms with Crippen molar-refractivity contribution in [1.29, 1.82) is 0 Å². The SMILES string of the molecule is Cc1ccc(SCCNC(=O)COC(=O)c2nn(C)c(=O)c3ccccc23)cc1. The topological polar surface area (TPSA) is 90.3 Å². The van der Waals surface area contributed by atoms with Gasteiger partial charge in [0.15, 0.2) is 12.3 Å². The number of aryl methyl sites for hydroxylation is 2. The van der Waals surface area contributed by atoms with Crippen molar-refractivity contribution in [3.05, 3.63) is 70.1 Å². The third-order valence-corrected chi connectivity index (χ3v) is 5.21. The minimum absolute atomic E-state index is 0.00502. The van der Waals surface area contributed by atoms with E-state index in [4.69, 9.17) is 4.74 Å². The van der Waals surface area contributed by atoms with Crippen molar-refractivity contribution in [2.75, 3.05) is 18.9 Å². The lowest BCUT2D eigenvalue weighted by Crippen LogP contribution is -2.31. The highest BCUT2D eigenvalue weighted by atomic mass is 32.2. The highest BCUT2D eigenvalue weighted by Gasteiger charge is 2.18. The first kappa shape index (κ1) is 20.6. The summed E-state index contributed by atoms with van der Waals surface area (Å²) in [7, 11) is 1.46. The summed E-state index contributed by atoms with van der Waals surface area (Å²) in [6.45, 7) is 2.08. The number of ether oxygens (including phenoxy) is 1. The molecule has 1 N–H and O–H groups in total. The number of fused-ring (bicyclic) bond motifs is 1. The Balaban J connectivity index is 1.51. The third kappa shape index (κ3) is 5.23. The standard InChI is InChI=1S/C21H21N3O4S/c1-14-7-9-15(10-8-14)29-12-11-22-18(25)13-28-21(27)19-16-5-3-4-6-17(16)20(26)24(2)23-19/h3-10H,11-13H2,1-2H3,(H,22,25). The van der Waals surface area contributed by atoms with E-state index < -0.39 is 18.5 Å². The molecule has 0 radical (unpaired) electrons. The molecule has 0 fully saturated rings. The van der Waals surface area contributed by atoms with Gasteiger partial charge in [0.2, 0.25) is 0 Å². The molecule has 1 aromatic heterocycles. The lowest BCUT2D eigenvalue weighted by molar-refractivity contribution is -0.124. The van der Waals surface area contributed by atoms with Crippen molar-refractivity contribution in [1.82, 2.24) is 15.1 Å². The van der Waals surface area contributed by atoms with Gasteiger partial charge in [-0.05, 0) is 25.1 Å². The number of nitrogens with zero attached hydrogens (tertiary/aromatic N) is 2. The summed E-state index contributed by atoms with van der Waals surface area (Å²) in [6.07, 6.45) is 0. The van der Waals surface area contributed by atoms with Crippen LogP contribution in [-0.2, 0) is 16.6 Å². The van der Waals surface area contributed by atoms with Crippen LogP contribution in [0.25, 0.3) is 10.8 Å². The predicted molar refractivity (Wildman–Crippen MR) is 112 cm³/mol. The summed E-state index contributed by atoms with van der Waals surface area (Å²) in [4.78, 5) is 37.6. The van der Waals surface area contributed by atoms with Crippen molar-refractivity contribution in [3.8, 4) is 0 Å². The van der Waals surface area contributed by atoms with E-state index in [-0.39, 0.29) is 11.3 Å². The van der Waals surface area contributed by atoms with Gasteiger partial charge in [-0.2, -0.15) is 5.10 Å². The number of hydrogen-bond donors (Lipinski definition) is 1. The molecule has 1 heterocycles. The third-order valence-electron chi connectivity index (χ3n) is 4.20. The lowest BCUT2D eigenvalue weighted by atomic mass is 10.1. The fourth-order valence-electron chi connectivity index (χ4n) is 2.69. The molecule has 0 spiro atoms.